The van der Waals surface area contributed by atoms with Crippen molar-refractivity contribution in [1.82, 2.24) is 18.3 Å². The second kappa shape index (κ2) is 10.4. The minimum atomic E-state index is -4.05. The van der Waals surface area contributed by atoms with Crippen LogP contribution in [-0.4, -0.2) is 52.8 Å². The predicted molar refractivity (Wildman–Crippen MR) is 131 cm³/mol. The average Bonchev–Trinajstić information content (AvgIpc) is 2.83. The number of sulfonamides is 1. The number of nitrogens with zero attached hydrogens (tertiary/aromatic N) is 4. The fourth-order valence-corrected chi connectivity index (χ4v) is 4.88. The molecule has 3 aromatic rings. The van der Waals surface area contributed by atoms with Gasteiger partial charge in [0.2, 0.25) is 15.9 Å². The molecule has 0 atom stereocenters. The quantitative estimate of drug-likeness (QED) is 0.458. The van der Waals surface area contributed by atoms with Crippen LogP contribution in [0.2, 0.25) is 0 Å². The number of unbranched alkanes of at least 4 members (excludes halogenated alkanes) is 1. The standard InChI is InChI=1S/C24H30N4O5S/c1-5-6-14-28(16-18-10-8-7-9-11-18)22(29)17-25(2)34(32,33)19-12-13-21-20(15-19)23(30)27(4)24(31)26(21)3/h7-13,15H,5-6,14,16-17H2,1-4H3. The molecule has 0 N–H and O–H groups in total. The number of aryl methyl sites for hydroxylation is 1. The van der Waals surface area contributed by atoms with Crippen LogP contribution in [0.15, 0.2) is 63.0 Å². The fraction of sp³-hybridized carbons (Fsp3) is 0.375. The summed E-state index contributed by atoms with van der Waals surface area (Å²) in [6, 6.07) is 13.6. The second-order valence-electron chi connectivity index (χ2n) is 8.30. The molecule has 2 aromatic carbocycles. The lowest BCUT2D eigenvalue weighted by molar-refractivity contribution is -0.131. The monoisotopic (exact) mass is 486 g/mol. The van der Waals surface area contributed by atoms with Crippen molar-refractivity contribution in [3.05, 3.63) is 74.9 Å². The number of aromatic nitrogens is 2. The van der Waals surface area contributed by atoms with Gasteiger partial charge in [-0.3, -0.25) is 18.7 Å². The van der Waals surface area contributed by atoms with Crippen molar-refractivity contribution in [3.8, 4) is 0 Å². The van der Waals surface area contributed by atoms with E-state index in [-0.39, 0.29) is 22.7 Å². The third-order valence-electron chi connectivity index (χ3n) is 5.85. The maximum absolute atomic E-state index is 13.2. The highest BCUT2D eigenvalue weighted by molar-refractivity contribution is 7.89. The molecule has 0 aliphatic heterocycles. The maximum Gasteiger partial charge on any atom is 0.330 e. The Morgan fingerprint density at radius 3 is 2.32 bits per heavy atom. The van der Waals surface area contributed by atoms with E-state index in [4.69, 9.17) is 0 Å². The lowest BCUT2D eigenvalue weighted by Crippen LogP contribution is -2.41. The summed E-state index contributed by atoms with van der Waals surface area (Å²) in [5.74, 6) is -0.303. The van der Waals surface area contributed by atoms with Crippen molar-refractivity contribution in [2.75, 3.05) is 20.1 Å². The van der Waals surface area contributed by atoms with Crippen molar-refractivity contribution in [1.29, 1.82) is 0 Å². The molecule has 1 amide bonds. The number of carbonyl (C=O) groups excluding carboxylic acids is 1. The molecule has 0 saturated carbocycles. The summed E-state index contributed by atoms with van der Waals surface area (Å²) in [7, 11) is 0.145. The molecule has 0 spiro atoms. The topological polar surface area (TPSA) is 102 Å². The fourth-order valence-electron chi connectivity index (χ4n) is 3.74. The van der Waals surface area contributed by atoms with Crippen LogP contribution in [0.1, 0.15) is 25.3 Å². The van der Waals surface area contributed by atoms with Crippen LogP contribution in [0, 0.1) is 0 Å². The Morgan fingerprint density at radius 2 is 1.68 bits per heavy atom. The SMILES string of the molecule is CCCCN(Cc1ccccc1)C(=O)CN(C)S(=O)(=O)c1ccc2c(c1)c(=O)n(C)c(=O)n2C. The van der Waals surface area contributed by atoms with Gasteiger partial charge in [-0.1, -0.05) is 43.7 Å². The molecule has 10 heteroatoms. The van der Waals surface area contributed by atoms with Gasteiger partial charge in [0, 0.05) is 34.2 Å². The Balaban J connectivity index is 1.88. The number of hydrogen-bond acceptors (Lipinski definition) is 5. The summed E-state index contributed by atoms with van der Waals surface area (Å²) in [6.07, 6.45) is 1.71. The van der Waals surface area contributed by atoms with E-state index in [2.05, 4.69) is 0 Å². The zero-order chi connectivity index (χ0) is 25.0. The van der Waals surface area contributed by atoms with Gasteiger partial charge >= 0.3 is 5.69 Å². The Hall–Kier alpha value is -3.24. The number of fused-ring (bicyclic) bond motifs is 1. The van der Waals surface area contributed by atoms with E-state index in [1.54, 1.807) is 4.90 Å². The largest absolute Gasteiger partial charge is 0.337 e. The van der Waals surface area contributed by atoms with Gasteiger partial charge in [-0.2, -0.15) is 4.31 Å². The Bertz CT molecular complexity index is 1410. The molecule has 9 nitrogen and oxygen atoms in total. The van der Waals surface area contributed by atoms with Crippen molar-refractivity contribution in [2.45, 2.75) is 31.2 Å². The predicted octanol–water partition coefficient (Wildman–Crippen LogP) is 1.69. The second-order valence-corrected chi connectivity index (χ2v) is 10.3. The van der Waals surface area contributed by atoms with E-state index in [1.165, 1.54) is 43.9 Å². The van der Waals surface area contributed by atoms with Gasteiger partial charge in [0.15, 0.2) is 0 Å². The highest BCUT2D eigenvalue weighted by Crippen LogP contribution is 2.19. The molecule has 182 valence electrons. The highest BCUT2D eigenvalue weighted by Gasteiger charge is 2.26. The van der Waals surface area contributed by atoms with Crippen LogP contribution in [0.3, 0.4) is 0 Å². The van der Waals surface area contributed by atoms with Gasteiger partial charge in [0.1, 0.15) is 0 Å². The number of amides is 1. The van der Waals surface area contributed by atoms with Gasteiger partial charge in [0.05, 0.1) is 22.3 Å². The maximum atomic E-state index is 13.2. The summed E-state index contributed by atoms with van der Waals surface area (Å²) in [5, 5.41) is 0.110. The number of likely N-dealkylation sites (N-methyl/N-ethyl adjacent to an activating group) is 1. The van der Waals surface area contributed by atoms with Gasteiger partial charge in [-0.15, -0.1) is 0 Å². The Labute approximate surface area is 198 Å². The molecular formula is C24H30N4O5S. The van der Waals surface area contributed by atoms with Crippen molar-refractivity contribution in [3.63, 3.8) is 0 Å². The molecule has 0 saturated heterocycles. The van der Waals surface area contributed by atoms with Crippen LogP contribution < -0.4 is 11.2 Å². The van der Waals surface area contributed by atoms with Crippen molar-refractivity contribution >= 4 is 26.8 Å². The van der Waals surface area contributed by atoms with E-state index >= 15 is 0 Å². The van der Waals surface area contributed by atoms with Gasteiger partial charge in [-0.25, -0.2) is 13.2 Å². The summed E-state index contributed by atoms with van der Waals surface area (Å²) in [5.41, 5.74) is 0.219. The first-order valence-corrected chi connectivity index (χ1v) is 12.5. The van der Waals surface area contributed by atoms with Crippen LogP contribution >= 0.6 is 0 Å². The summed E-state index contributed by atoms with van der Waals surface area (Å²) < 4.78 is 29.7. The van der Waals surface area contributed by atoms with Gasteiger partial charge in [0.25, 0.3) is 5.56 Å². The van der Waals surface area contributed by atoms with Crippen LogP contribution in [0.25, 0.3) is 10.9 Å². The van der Waals surface area contributed by atoms with E-state index in [9.17, 15) is 22.8 Å². The molecule has 34 heavy (non-hydrogen) atoms. The molecule has 0 unspecified atom stereocenters. The first kappa shape index (κ1) is 25.4. The van der Waals surface area contributed by atoms with Crippen LogP contribution in [-0.2, 0) is 35.5 Å². The van der Waals surface area contributed by atoms with Gasteiger partial charge < -0.3 is 4.90 Å². The number of hydrogen-bond donors (Lipinski definition) is 0. The van der Waals surface area contributed by atoms with E-state index in [0.717, 1.165) is 27.3 Å². The lowest BCUT2D eigenvalue weighted by atomic mass is 10.2. The first-order valence-electron chi connectivity index (χ1n) is 11.1. The number of benzene rings is 2. The number of carbonyl (C=O) groups is 1. The Kier molecular flexibility index (Phi) is 7.73. The third kappa shape index (κ3) is 5.13. The zero-order valence-electron chi connectivity index (χ0n) is 19.9. The molecule has 1 aromatic heterocycles. The smallest absolute Gasteiger partial charge is 0.330 e. The first-order chi connectivity index (χ1) is 16.1. The summed E-state index contributed by atoms with van der Waals surface area (Å²) >= 11 is 0. The van der Waals surface area contributed by atoms with Crippen molar-refractivity contribution < 1.29 is 13.2 Å². The zero-order valence-corrected chi connectivity index (χ0v) is 20.7. The van der Waals surface area contributed by atoms with E-state index in [1.807, 2.05) is 37.3 Å². The third-order valence-corrected chi connectivity index (χ3v) is 7.65. The average molecular weight is 487 g/mol. The molecule has 0 aliphatic rings. The van der Waals surface area contributed by atoms with Crippen LogP contribution in [0.4, 0.5) is 0 Å². The highest BCUT2D eigenvalue weighted by atomic mass is 32.2. The molecule has 0 bridgehead atoms. The minimum absolute atomic E-state index is 0.110. The molecule has 3 rings (SSSR count). The molecule has 1 heterocycles. The van der Waals surface area contributed by atoms with Gasteiger partial charge in [-0.05, 0) is 30.2 Å². The van der Waals surface area contributed by atoms with E-state index in [0.29, 0.717) is 18.6 Å². The van der Waals surface area contributed by atoms with Crippen molar-refractivity contribution in [2.24, 2.45) is 14.1 Å². The Morgan fingerprint density at radius 1 is 1.00 bits per heavy atom. The molecule has 0 fully saturated rings. The summed E-state index contributed by atoms with van der Waals surface area (Å²) in [6.45, 7) is 2.62. The molecule has 0 radical (unpaired) electrons. The molecular weight excluding hydrogens is 456 g/mol. The normalized spacial score (nSPS) is 11.8. The summed E-state index contributed by atoms with van der Waals surface area (Å²) in [4.78, 5) is 39.3. The minimum Gasteiger partial charge on any atom is -0.337 e. The van der Waals surface area contributed by atoms with Crippen LogP contribution in [0.5, 0.6) is 0 Å². The number of rotatable bonds is 9. The molecule has 0 aliphatic carbocycles. The lowest BCUT2D eigenvalue weighted by Gasteiger charge is -2.25. The van der Waals surface area contributed by atoms with E-state index < -0.39 is 21.3 Å².